The monoisotopic (exact) mass is 640 g/mol. The fraction of sp³-hybridized carbons (Fsp3) is 0.0227. The molecule has 0 N–H and O–H groups in total. The summed E-state index contributed by atoms with van der Waals surface area (Å²) >= 11 is 0. The highest BCUT2D eigenvalue weighted by atomic mass is 15.1. The summed E-state index contributed by atoms with van der Waals surface area (Å²) in [6.07, 6.45) is 3.62. The number of nitrogens with zero attached hydrogens (tertiary/aromatic N) is 6. The van der Waals surface area contributed by atoms with Crippen LogP contribution in [-0.4, -0.2) is 29.5 Å². The first-order chi connectivity index (χ1) is 24.8. The third kappa shape index (κ3) is 4.12. The van der Waals surface area contributed by atoms with Gasteiger partial charge in [-0.3, -0.25) is 0 Å². The molecule has 50 heavy (non-hydrogen) atoms. The standard InChI is InChI=1S/C44H28N6/c1-5-14-29(15-6-1)41-47-42(30-16-7-2-8-17-30)49-43(48-41)31-24-25-37-35(26-31)34-22-13-23-36-39(34)50(37)38-27-45-28-46-40(38)44(36,32-18-9-3-10-19-32)33-20-11-4-12-21-33/h1-28H. The minimum absolute atomic E-state index is 0.623. The van der Waals surface area contributed by atoms with E-state index in [0.717, 1.165) is 61.0 Å². The van der Waals surface area contributed by atoms with E-state index >= 15 is 0 Å². The van der Waals surface area contributed by atoms with Gasteiger partial charge in [-0.25, -0.2) is 24.9 Å². The van der Waals surface area contributed by atoms with Crippen molar-refractivity contribution >= 4 is 21.8 Å². The van der Waals surface area contributed by atoms with Gasteiger partial charge in [-0.1, -0.05) is 140 Å². The summed E-state index contributed by atoms with van der Waals surface area (Å²) in [5, 5.41) is 2.25. The predicted molar refractivity (Wildman–Crippen MR) is 198 cm³/mol. The van der Waals surface area contributed by atoms with Crippen LogP contribution in [-0.2, 0) is 5.41 Å². The molecule has 0 unspecified atom stereocenters. The molecule has 0 atom stereocenters. The van der Waals surface area contributed by atoms with Crippen molar-refractivity contribution in [2.45, 2.75) is 5.41 Å². The van der Waals surface area contributed by atoms with Crippen LogP contribution >= 0.6 is 0 Å². The molecule has 1 aliphatic rings. The van der Waals surface area contributed by atoms with Crippen molar-refractivity contribution in [1.82, 2.24) is 29.5 Å². The summed E-state index contributed by atoms with van der Waals surface area (Å²) in [4.78, 5) is 24.6. The summed E-state index contributed by atoms with van der Waals surface area (Å²) in [6, 6.07) is 54.8. The normalized spacial score (nSPS) is 13.0. The first kappa shape index (κ1) is 28.2. The van der Waals surface area contributed by atoms with Crippen LogP contribution in [0.25, 0.3) is 61.7 Å². The molecule has 4 heterocycles. The van der Waals surface area contributed by atoms with Gasteiger partial charge in [0.05, 0.1) is 34.0 Å². The Kier molecular flexibility index (Phi) is 6.29. The van der Waals surface area contributed by atoms with Crippen molar-refractivity contribution in [1.29, 1.82) is 0 Å². The van der Waals surface area contributed by atoms with Gasteiger partial charge in [-0.15, -0.1) is 0 Å². The molecule has 0 fully saturated rings. The molecule has 0 radical (unpaired) electrons. The SMILES string of the molecule is c1ccc(-c2nc(-c3ccccc3)nc(-c3ccc4c(c3)c3cccc5c3n4-c3cncnc3C5(c3ccccc3)c3ccccc3)n2)cc1. The lowest BCUT2D eigenvalue weighted by atomic mass is 9.65. The molecule has 3 aromatic heterocycles. The molecule has 6 aromatic carbocycles. The number of fused-ring (bicyclic) bond motifs is 5. The van der Waals surface area contributed by atoms with Gasteiger partial charge in [0.1, 0.15) is 6.33 Å². The van der Waals surface area contributed by atoms with Gasteiger partial charge in [0.25, 0.3) is 0 Å². The zero-order valence-corrected chi connectivity index (χ0v) is 26.8. The zero-order valence-electron chi connectivity index (χ0n) is 26.8. The van der Waals surface area contributed by atoms with Gasteiger partial charge in [-0.05, 0) is 34.9 Å². The quantitative estimate of drug-likeness (QED) is 0.187. The molecule has 0 saturated heterocycles. The van der Waals surface area contributed by atoms with Crippen molar-refractivity contribution in [2.24, 2.45) is 0 Å². The van der Waals surface area contributed by atoms with E-state index in [4.69, 9.17) is 19.9 Å². The number of benzene rings is 6. The van der Waals surface area contributed by atoms with Crippen LogP contribution in [0, 0.1) is 0 Å². The Balaban J connectivity index is 1.27. The van der Waals surface area contributed by atoms with Gasteiger partial charge in [0.2, 0.25) is 0 Å². The van der Waals surface area contributed by atoms with E-state index in [1.54, 1.807) is 6.33 Å². The first-order valence-corrected chi connectivity index (χ1v) is 16.7. The Morgan fingerprint density at radius 2 is 1.04 bits per heavy atom. The molecule has 0 spiro atoms. The molecule has 1 aliphatic heterocycles. The second kappa shape index (κ2) is 11.1. The topological polar surface area (TPSA) is 69.4 Å². The average molecular weight is 641 g/mol. The van der Waals surface area contributed by atoms with Crippen LogP contribution in [0.5, 0.6) is 0 Å². The highest BCUT2D eigenvalue weighted by molar-refractivity contribution is 6.13. The number of aromatic nitrogens is 6. The van der Waals surface area contributed by atoms with Crippen LogP contribution in [0.3, 0.4) is 0 Å². The Labute approximate surface area is 288 Å². The van der Waals surface area contributed by atoms with Gasteiger partial charge in [0.15, 0.2) is 17.5 Å². The third-order valence-corrected chi connectivity index (χ3v) is 9.85. The fourth-order valence-corrected chi connectivity index (χ4v) is 7.73. The summed E-state index contributed by atoms with van der Waals surface area (Å²) in [6.45, 7) is 0. The second-order valence-electron chi connectivity index (χ2n) is 12.5. The molecule has 234 valence electrons. The first-order valence-electron chi connectivity index (χ1n) is 16.7. The van der Waals surface area contributed by atoms with Crippen LogP contribution in [0.15, 0.2) is 170 Å². The lowest BCUT2D eigenvalue weighted by molar-refractivity contribution is 0.691. The van der Waals surface area contributed by atoms with Crippen molar-refractivity contribution in [3.63, 3.8) is 0 Å². The Bertz CT molecular complexity index is 2590. The van der Waals surface area contributed by atoms with Crippen LogP contribution in [0.2, 0.25) is 0 Å². The minimum atomic E-state index is -0.656. The highest BCUT2D eigenvalue weighted by Gasteiger charge is 2.46. The van der Waals surface area contributed by atoms with E-state index in [-0.39, 0.29) is 0 Å². The number of rotatable bonds is 5. The second-order valence-corrected chi connectivity index (χ2v) is 12.5. The molecule has 0 amide bonds. The molecule has 0 bridgehead atoms. The molecule has 6 nitrogen and oxygen atoms in total. The van der Waals surface area contributed by atoms with E-state index in [1.807, 2.05) is 66.9 Å². The van der Waals surface area contributed by atoms with Gasteiger partial charge in [0, 0.05) is 27.5 Å². The summed E-state index contributed by atoms with van der Waals surface area (Å²) < 4.78 is 2.33. The maximum atomic E-state index is 5.08. The molecular formula is C44H28N6. The minimum Gasteiger partial charge on any atom is -0.306 e. The van der Waals surface area contributed by atoms with Gasteiger partial charge in [-0.2, -0.15) is 0 Å². The third-order valence-electron chi connectivity index (χ3n) is 9.85. The number of hydrogen-bond donors (Lipinski definition) is 0. The van der Waals surface area contributed by atoms with Crippen molar-refractivity contribution < 1.29 is 0 Å². The molecule has 0 aliphatic carbocycles. The van der Waals surface area contributed by atoms with E-state index in [2.05, 4.69) is 107 Å². The molecular weight excluding hydrogens is 613 g/mol. The van der Waals surface area contributed by atoms with Gasteiger partial charge < -0.3 is 4.57 Å². The van der Waals surface area contributed by atoms with Crippen molar-refractivity contribution in [3.8, 4) is 39.9 Å². The predicted octanol–water partition coefficient (Wildman–Crippen LogP) is 9.46. The molecule has 0 saturated carbocycles. The smallest absolute Gasteiger partial charge is 0.164 e. The Hall–Kier alpha value is -6.79. The van der Waals surface area contributed by atoms with E-state index in [9.17, 15) is 0 Å². The highest BCUT2D eigenvalue weighted by Crippen LogP contribution is 2.53. The summed E-state index contributed by atoms with van der Waals surface area (Å²) in [7, 11) is 0. The Morgan fingerprint density at radius 1 is 0.480 bits per heavy atom. The van der Waals surface area contributed by atoms with Crippen LogP contribution < -0.4 is 0 Å². The maximum absolute atomic E-state index is 5.08. The molecule has 6 heteroatoms. The average Bonchev–Trinajstić information content (AvgIpc) is 3.54. The largest absolute Gasteiger partial charge is 0.306 e. The number of para-hydroxylation sites is 1. The van der Waals surface area contributed by atoms with Crippen LogP contribution in [0.4, 0.5) is 0 Å². The van der Waals surface area contributed by atoms with Crippen molar-refractivity contribution in [3.05, 3.63) is 193 Å². The lowest BCUT2D eigenvalue weighted by Crippen LogP contribution is -2.36. The lowest BCUT2D eigenvalue weighted by Gasteiger charge is -2.40. The molecule has 10 rings (SSSR count). The van der Waals surface area contributed by atoms with E-state index < -0.39 is 5.41 Å². The van der Waals surface area contributed by atoms with Crippen LogP contribution in [0.1, 0.15) is 22.4 Å². The zero-order chi connectivity index (χ0) is 33.1. The van der Waals surface area contributed by atoms with E-state index in [1.165, 1.54) is 5.56 Å². The maximum Gasteiger partial charge on any atom is 0.164 e. The summed E-state index contributed by atoms with van der Waals surface area (Å²) in [5.74, 6) is 1.90. The van der Waals surface area contributed by atoms with Gasteiger partial charge >= 0.3 is 0 Å². The number of hydrogen-bond acceptors (Lipinski definition) is 5. The Morgan fingerprint density at radius 3 is 1.64 bits per heavy atom. The molecule has 9 aromatic rings. The summed E-state index contributed by atoms with van der Waals surface area (Å²) in [5.41, 5.74) is 9.75. The fourth-order valence-electron chi connectivity index (χ4n) is 7.73. The van der Waals surface area contributed by atoms with E-state index in [0.29, 0.717) is 17.5 Å². The van der Waals surface area contributed by atoms with Crippen molar-refractivity contribution in [2.75, 3.05) is 0 Å².